The van der Waals surface area contributed by atoms with Gasteiger partial charge in [-0.2, -0.15) is 30.9 Å². The molecule has 0 aromatic carbocycles. The van der Waals surface area contributed by atoms with Gasteiger partial charge in [0.2, 0.25) is 0 Å². The van der Waals surface area contributed by atoms with Crippen molar-refractivity contribution in [2.24, 2.45) is 14.1 Å². The Balaban J connectivity index is 0.000000172. The lowest BCUT2D eigenvalue weighted by molar-refractivity contribution is -0.126. The molecule has 8 aromatic heterocycles. The first-order chi connectivity index (χ1) is 33.5. The van der Waals surface area contributed by atoms with Gasteiger partial charge in [-0.3, -0.25) is 19.0 Å². The summed E-state index contributed by atoms with van der Waals surface area (Å²) in [4.78, 5) is 40.3. The van der Waals surface area contributed by atoms with Crippen molar-refractivity contribution in [1.82, 2.24) is 58.6 Å². The fourth-order valence-electron chi connectivity index (χ4n) is 8.51. The van der Waals surface area contributed by atoms with E-state index >= 15 is 0 Å². The molecule has 2 saturated heterocycles. The predicted octanol–water partition coefficient (Wildman–Crippen LogP) is 4.56. The number of hydrogen-bond donors (Lipinski definition) is 0. The fraction of sp³-hybridized carbons (Fsp3) is 0.224. The van der Waals surface area contributed by atoms with Gasteiger partial charge in [-0.1, -0.05) is 11.6 Å². The zero-order chi connectivity index (χ0) is 48.3. The van der Waals surface area contributed by atoms with Crippen LogP contribution in [0.5, 0.6) is 5.75 Å². The lowest BCUT2D eigenvalue weighted by Crippen LogP contribution is -2.48. The largest absolute Gasteiger partial charge is 0.493 e. The molecular weight excluding hydrogens is 896 g/mol. The van der Waals surface area contributed by atoms with Crippen LogP contribution in [0, 0.1) is 47.3 Å². The summed E-state index contributed by atoms with van der Waals surface area (Å²) in [6.07, 6.45) is 28.3. The molecule has 69 heavy (non-hydrogen) atoms. The molecule has 0 N–H and O–H groups in total. The van der Waals surface area contributed by atoms with Crippen LogP contribution in [0.4, 0.5) is 11.6 Å². The maximum atomic E-state index is 11.8. The van der Waals surface area contributed by atoms with Gasteiger partial charge in [0.15, 0.2) is 11.6 Å². The molecule has 0 radical (unpaired) electrons. The Morgan fingerprint density at radius 2 is 1.03 bits per heavy atom. The molecule has 0 aliphatic carbocycles. The number of anilines is 2. The molecule has 0 bridgehead atoms. The van der Waals surface area contributed by atoms with Gasteiger partial charge in [0.05, 0.1) is 59.1 Å². The third kappa shape index (κ3) is 8.81. The molecule has 19 nitrogen and oxygen atoms in total. The van der Waals surface area contributed by atoms with Gasteiger partial charge in [0.25, 0.3) is 11.8 Å². The summed E-state index contributed by atoms with van der Waals surface area (Å²) in [6.45, 7) is 4.42. The highest BCUT2D eigenvalue weighted by atomic mass is 35.5. The molecule has 0 atom stereocenters. The molecule has 2 aliphatic heterocycles. The summed E-state index contributed by atoms with van der Waals surface area (Å²) < 4.78 is 12.6. The van der Waals surface area contributed by atoms with E-state index in [9.17, 15) is 20.1 Å². The van der Waals surface area contributed by atoms with Crippen molar-refractivity contribution < 1.29 is 14.3 Å². The number of nitrogens with zero attached hydrogens (tertiary/aromatic N) is 16. The van der Waals surface area contributed by atoms with E-state index in [1.807, 2.05) is 68.0 Å². The highest BCUT2D eigenvalue weighted by Gasteiger charge is 2.26. The first kappa shape index (κ1) is 45.0. The number of carbonyl (C=O) groups excluding carboxylic acids is 2. The maximum absolute atomic E-state index is 11.8. The van der Waals surface area contributed by atoms with Gasteiger partial charge in [-0.05, 0) is 36.1 Å². The zero-order valence-electron chi connectivity index (χ0n) is 37.7. The SMILES string of the molecule is C#CC(=O)N1CCN(c2ncc(-c3cc(-c4cnn(C)c4)cn4ncc(C#N)c34)cc2Cl)CC1.C#CC(=O)N1CCN(c2ncc(-c3cc(-c4cnn(C)c4)cn4ncc(C#N)c34)cc2OC)CC1. The van der Waals surface area contributed by atoms with E-state index in [2.05, 4.69) is 54.3 Å². The van der Waals surface area contributed by atoms with Crippen LogP contribution in [0.1, 0.15) is 11.1 Å². The average Bonchev–Trinajstić information content (AvgIpc) is 4.22. The lowest BCUT2D eigenvalue weighted by atomic mass is 10.0. The first-order valence-corrected chi connectivity index (χ1v) is 21.9. The summed E-state index contributed by atoms with van der Waals surface area (Å²) in [5, 5.41) is 37.1. The van der Waals surface area contributed by atoms with Crippen LogP contribution in [0.25, 0.3) is 55.5 Å². The van der Waals surface area contributed by atoms with Crippen LogP contribution >= 0.6 is 11.6 Å². The Kier molecular flexibility index (Phi) is 12.4. The molecule has 20 heteroatoms. The zero-order valence-corrected chi connectivity index (χ0v) is 38.4. The van der Waals surface area contributed by atoms with Crippen LogP contribution in [0.2, 0.25) is 5.02 Å². The Morgan fingerprint density at radius 3 is 1.43 bits per heavy atom. The fourth-order valence-corrected chi connectivity index (χ4v) is 8.80. The minimum absolute atomic E-state index is 0.299. The second-order valence-corrected chi connectivity index (χ2v) is 16.6. The summed E-state index contributed by atoms with van der Waals surface area (Å²) in [7, 11) is 5.32. The van der Waals surface area contributed by atoms with Crippen LogP contribution in [-0.4, -0.2) is 130 Å². The van der Waals surface area contributed by atoms with E-state index in [4.69, 9.17) is 34.2 Å². The number of rotatable bonds is 7. The molecule has 342 valence electrons. The number of hydrogen-bond acceptors (Lipinski definition) is 13. The molecule has 0 unspecified atom stereocenters. The van der Waals surface area contributed by atoms with Crippen molar-refractivity contribution in [3.63, 3.8) is 0 Å². The molecule has 8 aromatic rings. The van der Waals surface area contributed by atoms with Crippen molar-refractivity contribution in [2.75, 3.05) is 69.3 Å². The van der Waals surface area contributed by atoms with E-state index in [1.165, 1.54) is 0 Å². The number of halogens is 1. The molecular formula is C49H41ClN16O3. The molecule has 2 aliphatic rings. The Morgan fingerprint density at radius 1 is 0.580 bits per heavy atom. The Labute approximate surface area is 400 Å². The number of fused-ring (bicyclic) bond motifs is 2. The van der Waals surface area contributed by atoms with Crippen LogP contribution in [0.15, 0.2) is 86.2 Å². The van der Waals surface area contributed by atoms with E-state index in [-0.39, 0.29) is 11.8 Å². The van der Waals surface area contributed by atoms with Crippen molar-refractivity contribution in [2.45, 2.75) is 0 Å². The minimum atomic E-state index is -0.305. The lowest BCUT2D eigenvalue weighted by Gasteiger charge is -2.35. The van der Waals surface area contributed by atoms with Gasteiger partial charge in [-0.25, -0.2) is 19.0 Å². The predicted molar refractivity (Wildman–Crippen MR) is 257 cm³/mol. The molecule has 0 saturated carbocycles. The molecule has 2 fully saturated rings. The highest BCUT2D eigenvalue weighted by molar-refractivity contribution is 6.33. The Hall–Kier alpha value is -9.17. The number of methoxy groups -OCH3 is 1. The monoisotopic (exact) mass is 936 g/mol. The van der Waals surface area contributed by atoms with Crippen LogP contribution < -0.4 is 14.5 Å². The smallest absolute Gasteiger partial charge is 0.298 e. The number of nitriles is 2. The minimum Gasteiger partial charge on any atom is -0.493 e. The summed E-state index contributed by atoms with van der Waals surface area (Å²) in [5.74, 6) is 5.66. The number of aryl methyl sites for hydroxylation is 2. The normalized spacial score (nSPS) is 13.6. The Bertz CT molecular complexity index is 3470. The number of ether oxygens (including phenoxy) is 1. The van der Waals surface area contributed by atoms with E-state index in [0.29, 0.717) is 96.9 Å². The second kappa shape index (κ2) is 19.0. The molecule has 10 heterocycles. The van der Waals surface area contributed by atoms with Crippen molar-refractivity contribution in [1.29, 1.82) is 10.5 Å². The quantitative estimate of drug-likeness (QED) is 0.202. The molecule has 2 amide bonds. The highest BCUT2D eigenvalue weighted by Crippen LogP contribution is 2.38. The van der Waals surface area contributed by atoms with Gasteiger partial charge in [-0.15, -0.1) is 12.8 Å². The molecule has 0 spiro atoms. The van der Waals surface area contributed by atoms with Gasteiger partial charge >= 0.3 is 0 Å². The summed E-state index contributed by atoms with van der Waals surface area (Å²) >= 11 is 6.68. The third-order valence-electron chi connectivity index (χ3n) is 12.0. The van der Waals surface area contributed by atoms with E-state index in [0.717, 1.165) is 44.5 Å². The van der Waals surface area contributed by atoms with Crippen molar-refractivity contribution >= 4 is 46.1 Å². The number of terminal acetylenes is 2. The van der Waals surface area contributed by atoms with Crippen LogP contribution in [-0.2, 0) is 23.7 Å². The number of aromatic nitrogens is 10. The van der Waals surface area contributed by atoms with Crippen molar-refractivity contribution in [3.8, 4) is 87.1 Å². The standard InChI is InChI=1S/C25H22N8O2.C24H19ClN8O/c1-4-23(34)31-5-7-32(8-6-31)25-22(35-3)10-17(12-27-25)21-9-18(20-14-28-30(2)15-20)16-33-24(21)19(11-26)13-29-33;1-3-22(34)31-4-6-32(7-5-31)24-21(25)9-16(11-27-24)20-8-17(19-13-28-30(2)14-19)15-33-23(20)18(10-26)12-29-33/h1,9-10,12-16H,5-8H2,2-3H3;1,8-9,11-15H,4-7H2,2H3. The second-order valence-electron chi connectivity index (χ2n) is 16.1. The van der Waals surface area contributed by atoms with E-state index in [1.54, 1.807) is 72.5 Å². The molecule has 10 rings (SSSR count). The number of amides is 2. The van der Waals surface area contributed by atoms with Crippen LogP contribution in [0.3, 0.4) is 0 Å². The average molecular weight is 937 g/mol. The van der Waals surface area contributed by atoms with Crippen molar-refractivity contribution in [3.05, 3.63) is 102 Å². The first-order valence-electron chi connectivity index (χ1n) is 21.5. The summed E-state index contributed by atoms with van der Waals surface area (Å²) in [5.41, 5.74) is 9.13. The number of piperazine rings is 2. The third-order valence-corrected chi connectivity index (χ3v) is 12.3. The number of carbonyl (C=O) groups is 2. The van der Waals surface area contributed by atoms with Gasteiger partial charge in [0.1, 0.15) is 18.0 Å². The van der Waals surface area contributed by atoms with Gasteiger partial charge < -0.3 is 24.3 Å². The summed E-state index contributed by atoms with van der Waals surface area (Å²) in [6, 6.07) is 12.2. The van der Waals surface area contributed by atoms with Gasteiger partial charge in [0, 0.05) is 148 Å². The maximum Gasteiger partial charge on any atom is 0.298 e. The van der Waals surface area contributed by atoms with E-state index < -0.39 is 0 Å². The topological polar surface area (TPSA) is 200 Å². The number of pyridine rings is 4.